The summed E-state index contributed by atoms with van der Waals surface area (Å²) in [5.41, 5.74) is 1.55. The smallest absolute Gasteiger partial charge is 0.341 e. The molecule has 0 aromatic heterocycles. The maximum absolute atomic E-state index is 12.7. The molecule has 2 aromatic carbocycles. The molecule has 2 aromatic rings. The first kappa shape index (κ1) is 21.9. The number of thioether (sulfide) groups is 1. The number of nitrogens with zero attached hydrogens (tertiary/aromatic N) is 1. The molecule has 0 unspecified atom stereocenters. The van der Waals surface area contributed by atoms with Gasteiger partial charge in [-0.15, -0.1) is 0 Å². The van der Waals surface area contributed by atoms with Gasteiger partial charge in [0.2, 0.25) is 0 Å². The molecule has 7 nitrogen and oxygen atoms in total. The molecule has 1 N–H and O–H groups in total. The Morgan fingerprint density at radius 1 is 1.20 bits per heavy atom. The van der Waals surface area contributed by atoms with E-state index < -0.39 is 18.5 Å². The molecule has 1 aliphatic heterocycles. The van der Waals surface area contributed by atoms with Crippen molar-refractivity contribution in [2.75, 3.05) is 19.8 Å². The summed E-state index contributed by atoms with van der Waals surface area (Å²) in [6.45, 7) is 1.74. The van der Waals surface area contributed by atoms with Crippen molar-refractivity contribution in [3.8, 4) is 11.5 Å². The number of amides is 2. The van der Waals surface area contributed by atoms with Crippen molar-refractivity contribution in [2.24, 2.45) is 0 Å². The van der Waals surface area contributed by atoms with E-state index in [0.29, 0.717) is 17.1 Å². The van der Waals surface area contributed by atoms with Gasteiger partial charge in [0, 0.05) is 10.0 Å². The van der Waals surface area contributed by atoms with Crippen LogP contribution in [-0.4, -0.2) is 46.9 Å². The zero-order valence-electron chi connectivity index (χ0n) is 16.0. The summed E-state index contributed by atoms with van der Waals surface area (Å²) in [4.78, 5) is 37.1. The standard InChI is InChI=1S/C21H18BrNO6S/c1-13-3-2-4-16(9-13)28-8-7-23-20(26)18(30-21(23)27)11-14-10-15(22)5-6-17(14)29-12-19(24)25/h2-6,9-11H,7-8,12H2,1H3,(H,24,25)/b18-11-. The van der Waals surface area contributed by atoms with Crippen molar-refractivity contribution >= 4 is 50.9 Å². The van der Waals surface area contributed by atoms with Crippen LogP contribution in [0, 0.1) is 6.92 Å². The fourth-order valence-electron chi connectivity index (χ4n) is 2.70. The largest absolute Gasteiger partial charge is 0.492 e. The highest BCUT2D eigenvalue weighted by molar-refractivity contribution is 9.10. The molecule has 2 amide bonds. The zero-order valence-corrected chi connectivity index (χ0v) is 18.4. The highest BCUT2D eigenvalue weighted by Gasteiger charge is 2.35. The van der Waals surface area contributed by atoms with E-state index in [1.807, 2.05) is 31.2 Å². The maximum atomic E-state index is 12.7. The quantitative estimate of drug-likeness (QED) is 0.549. The van der Waals surface area contributed by atoms with Crippen molar-refractivity contribution < 1.29 is 29.0 Å². The number of aryl methyl sites for hydroxylation is 1. The second-order valence-electron chi connectivity index (χ2n) is 6.36. The molecular weight excluding hydrogens is 474 g/mol. The molecule has 0 saturated carbocycles. The minimum Gasteiger partial charge on any atom is -0.492 e. The van der Waals surface area contributed by atoms with Crippen molar-refractivity contribution in [1.82, 2.24) is 4.90 Å². The van der Waals surface area contributed by atoms with Crippen LogP contribution in [0.4, 0.5) is 4.79 Å². The summed E-state index contributed by atoms with van der Waals surface area (Å²) >= 11 is 4.16. The number of benzene rings is 2. The van der Waals surface area contributed by atoms with Crippen LogP contribution in [0.15, 0.2) is 51.8 Å². The lowest BCUT2D eigenvalue weighted by atomic mass is 10.2. The minimum absolute atomic E-state index is 0.122. The Hall–Kier alpha value is -2.78. The number of imide groups is 1. The van der Waals surface area contributed by atoms with Gasteiger partial charge in [-0.25, -0.2) is 4.79 Å². The molecule has 0 aliphatic carbocycles. The molecule has 1 saturated heterocycles. The fourth-order valence-corrected chi connectivity index (χ4v) is 3.93. The van der Waals surface area contributed by atoms with E-state index in [1.54, 1.807) is 18.2 Å². The number of carboxylic acids is 1. The molecule has 1 fully saturated rings. The molecule has 9 heteroatoms. The molecule has 0 bridgehead atoms. The highest BCUT2D eigenvalue weighted by Crippen LogP contribution is 2.34. The molecule has 156 valence electrons. The number of hydrogen-bond donors (Lipinski definition) is 1. The topological polar surface area (TPSA) is 93.1 Å². The molecule has 1 aliphatic rings. The van der Waals surface area contributed by atoms with E-state index in [9.17, 15) is 14.4 Å². The fraction of sp³-hybridized carbons (Fsp3) is 0.190. The Labute approximate surface area is 185 Å². The number of aliphatic carboxylic acids is 1. The van der Waals surface area contributed by atoms with Crippen LogP contribution in [0.5, 0.6) is 11.5 Å². The summed E-state index contributed by atoms with van der Waals surface area (Å²) in [6.07, 6.45) is 1.52. The Bertz CT molecular complexity index is 1020. The molecule has 0 atom stereocenters. The van der Waals surface area contributed by atoms with Crippen LogP contribution in [0.25, 0.3) is 6.08 Å². The minimum atomic E-state index is -1.11. The lowest BCUT2D eigenvalue weighted by molar-refractivity contribution is -0.139. The summed E-state index contributed by atoms with van der Waals surface area (Å²) in [5.74, 6) is -0.568. The normalized spacial score (nSPS) is 15.0. The van der Waals surface area contributed by atoms with Crippen molar-refractivity contribution in [2.45, 2.75) is 6.92 Å². The maximum Gasteiger partial charge on any atom is 0.341 e. The van der Waals surface area contributed by atoms with Crippen molar-refractivity contribution in [1.29, 1.82) is 0 Å². The molecule has 0 radical (unpaired) electrons. The van der Waals surface area contributed by atoms with Gasteiger partial charge in [0.1, 0.15) is 18.1 Å². The van der Waals surface area contributed by atoms with Gasteiger partial charge < -0.3 is 14.6 Å². The van der Waals surface area contributed by atoms with Crippen LogP contribution in [0.2, 0.25) is 0 Å². The van der Waals surface area contributed by atoms with Gasteiger partial charge in [0.05, 0.1) is 11.4 Å². The second kappa shape index (κ2) is 9.82. The third-order valence-electron chi connectivity index (χ3n) is 4.06. The monoisotopic (exact) mass is 491 g/mol. The summed E-state index contributed by atoms with van der Waals surface area (Å²) in [7, 11) is 0. The van der Waals surface area contributed by atoms with Crippen LogP contribution in [0.1, 0.15) is 11.1 Å². The SMILES string of the molecule is Cc1cccc(OCCN2C(=O)S/C(=C\c3cc(Br)ccc3OCC(=O)O)C2=O)c1. The van der Waals surface area contributed by atoms with Gasteiger partial charge in [-0.2, -0.15) is 0 Å². The first-order valence-corrected chi connectivity index (χ1v) is 10.5. The zero-order chi connectivity index (χ0) is 21.7. The number of carbonyl (C=O) groups excluding carboxylic acids is 2. The van der Waals surface area contributed by atoms with Gasteiger partial charge in [0.25, 0.3) is 11.1 Å². The van der Waals surface area contributed by atoms with Crippen LogP contribution >= 0.6 is 27.7 Å². The first-order valence-electron chi connectivity index (χ1n) is 8.92. The van der Waals surface area contributed by atoms with Crippen molar-refractivity contribution in [3.63, 3.8) is 0 Å². The molecular formula is C21H18BrNO6S. The summed E-state index contributed by atoms with van der Waals surface area (Å²) in [5, 5.41) is 8.44. The number of carboxylic acid groups (broad SMARTS) is 1. The van der Waals surface area contributed by atoms with Crippen LogP contribution in [-0.2, 0) is 9.59 Å². The number of carbonyl (C=O) groups is 3. The van der Waals surface area contributed by atoms with Crippen LogP contribution < -0.4 is 9.47 Å². The third-order valence-corrected chi connectivity index (χ3v) is 5.46. The predicted molar refractivity (Wildman–Crippen MR) is 117 cm³/mol. The van der Waals surface area contributed by atoms with Gasteiger partial charge in [0.15, 0.2) is 6.61 Å². The van der Waals surface area contributed by atoms with Gasteiger partial charge in [-0.05, 0) is 60.7 Å². The van der Waals surface area contributed by atoms with E-state index in [0.717, 1.165) is 26.7 Å². The van der Waals surface area contributed by atoms with E-state index in [-0.39, 0.29) is 23.3 Å². The lowest BCUT2D eigenvalue weighted by Gasteiger charge is -2.13. The number of ether oxygens (including phenoxy) is 2. The summed E-state index contributed by atoms with van der Waals surface area (Å²) in [6, 6.07) is 12.5. The number of halogens is 1. The van der Waals surface area contributed by atoms with Gasteiger partial charge >= 0.3 is 5.97 Å². The van der Waals surface area contributed by atoms with E-state index in [1.165, 1.54) is 6.08 Å². The van der Waals surface area contributed by atoms with E-state index >= 15 is 0 Å². The average Bonchev–Trinajstić information content (AvgIpc) is 2.95. The van der Waals surface area contributed by atoms with E-state index in [2.05, 4.69) is 15.9 Å². The molecule has 3 rings (SSSR count). The Morgan fingerprint density at radius 2 is 2.00 bits per heavy atom. The third kappa shape index (κ3) is 5.64. The Kier molecular flexibility index (Phi) is 7.17. The number of hydrogen-bond acceptors (Lipinski definition) is 6. The predicted octanol–water partition coefficient (Wildman–Crippen LogP) is 4.34. The van der Waals surface area contributed by atoms with Crippen LogP contribution in [0.3, 0.4) is 0 Å². The molecule has 30 heavy (non-hydrogen) atoms. The van der Waals surface area contributed by atoms with Crippen molar-refractivity contribution in [3.05, 3.63) is 63.0 Å². The highest BCUT2D eigenvalue weighted by atomic mass is 79.9. The Balaban J connectivity index is 1.70. The summed E-state index contributed by atoms with van der Waals surface area (Å²) < 4.78 is 11.6. The number of rotatable bonds is 8. The lowest BCUT2D eigenvalue weighted by Crippen LogP contribution is -2.32. The second-order valence-corrected chi connectivity index (χ2v) is 8.27. The Morgan fingerprint density at radius 3 is 2.73 bits per heavy atom. The molecule has 1 heterocycles. The average molecular weight is 492 g/mol. The van der Waals surface area contributed by atoms with Gasteiger partial charge in [-0.3, -0.25) is 14.5 Å². The first-order chi connectivity index (χ1) is 14.3. The van der Waals surface area contributed by atoms with E-state index in [4.69, 9.17) is 14.6 Å². The molecule has 0 spiro atoms. The van der Waals surface area contributed by atoms with Gasteiger partial charge in [-0.1, -0.05) is 28.1 Å².